The summed E-state index contributed by atoms with van der Waals surface area (Å²) in [6.45, 7) is 2.78. The van der Waals surface area contributed by atoms with Crippen molar-refractivity contribution in [2.75, 3.05) is 6.61 Å². The molecule has 1 aromatic carbocycles. The second-order valence-corrected chi connectivity index (χ2v) is 6.05. The molecule has 21 heavy (non-hydrogen) atoms. The molecule has 0 heterocycles. The number of carbonyl (C=O) groups is 1. The molecule has 0 saturated carbocycles. The van der Waals surface area contributed by atoms with E-state index in [9.17, 15) is 24.5 Å². The van der Waals surface area contributed by atoms with Crippen LogP contribution in [0.25, 0.3) is 0 Å². The molecule has 0 aromatic heterocycles. The molecule has 0 fully saturated rings. The van der Waals surface area contributed by atoms with Crippen molar-refractivity contribution in [2.24, 2.45) is 0 Å². The Balaban J connectivity index is 0.00000400. The van der Waals surface area contributed by atoms with E-state index < -0.39 is 25.4 Å². The fourth-order valence-electron chi connectivity index (χ4n) is 1.64. The van der Waals surface area contributed by atoms with Crippen molar-refractivity contribution in [1.82, 2.24) is 5.32 Å². The summed E-state index contributed by atoms with van der Waals surface area (Å²) in [4.78, 5) is 20.7. The predicted octanol–water partition coefficient (Wildman–Crippen LogP) is -2.66. The Morgan fingerprint density at radius 2 is 2.05 bits per heavy atom. The van der Waals surface area contributed by atoms with Crippen LogP contribution in [-0.2, 0) is 13.9 Å². The van der Waals surface area contributed by atoms with Crippen molar-refractivity contribution < 1.29 is 58.5 Å². The number of para-hydroxylation sites is 1. The smallest absolute Gasteiger partial charge is 0.548 e. The van der Waals surface area contributed by atoms with Crippen LogP contribution in [0, 0.1) is 0 Å². The number of aliphatic carboxylic acids is 1. The molecule has 1 aromatic rings. The molecule has 7 nitrogen and oxygen atoms in total. The molecular weight excluding hydrogens is 308 g/mol. The number of nitrogens with one attached hydrogen (secondary N) is 1. The molecule has 1 rings (SSSR count). The van der Waals surface area contributed by atoms with Gasteiger partial charge in [0.25, 0.3) is 0 Å². The minimum absolute atomic E-state index is 0. The maximum absolute atomic E-state index is 12.2. The maximum atomic E-state index is 12.2. The van der Waals surface area contributed by atoms with Crippen molar-refractivity contribution in [3.8, 4) is 5.75 Å². The van der Waals surface area contributed by atoms with E-state index in [2.05, 4.69) is 5.32 Å². The van der Waals surface area contributed by atoms with E-state index in [4.69, 9.17) is 4.52 Å². The number of rotatable bonds is 7. The van der Waals surface area contributed by atoms with E-state index in [1.165, 1.54) is 26.0 Å². The van der Waals surface area contributed by atoms with E-state index >= 15 is 0 Å². The van der Waals surface area contributed by atoms with Crippen LogP contribution < -0.4 is 40.0 Å². The maximum Gasteiger partial charge on any atom is 1.00 e. The predicted molar refractivity (Wildman–Crippen MR) is 69.9 cm³/mol. The van der Waals surface area contributed by atoms with Crippen LogP contribution in [0.4, 0.5) is 0 Å². The number of benzene rings is 1. The van der Waals surface area contributed by atoms with Gasteiger partial charge in [0.2, 0.25) is 0 Å². The normalized spacial score (nSPS) is 16.3. The van der Waals surface area contributed by atoms with Gasteiger partial charge in [-0.1, -0.05) is 18.2 Å². The van der Waals surface area contributed by atoms with Gasteiger partial charge in [0.1, 0.15) is 11.5 Å². The molecule has 112 valence electrons. The first kappa shape index (κ1) is 20.6. The SMILES string of the molecule is CCOP(=O)(O)C(N[C@@H](C)C(=O)[O-])c1ccccc1O.[Na+]. The van der Waals surface area contributed by atoms with Crippen molar-refractivity contribution in [3.63, 3.8) is 0 Å². The number of phenolic OH excluding ortho intramolecular Hbond substituents is 1. The minimum atomic E-state index is -4.21. The molecule has 0 amide bonds. The van der Waals surface area contributed by atoms with Crippen LogP contribution in [0.15, 0.2) is 24.3 Å². The zero-order valence-corrected chi connectivity index (χ0v) is 15.0. The zero-order chi connectivity index (χ0) is 15.3. The van der Waals surface area contributed by atoms with Crippen molar-refractivity contribution in [3.05, 3.63) is 29.8 Å². The zero-order valence-electron chi connectivity index (χ0n) is 12.1. The second kappa shape index (κ2) is 8.90. The Hall–Kier alpha value is -0.400. The van der Waals surface area contributed by atoms with Gasteiger partial charge >= 0.3 is 37.2 Å². The van der Waals surface area contributed by atoms with Crippen LogP contribution >= 0.6 is 7.60 Å². The molecule has 3 N–H and O–H groups in total. The van der Waals surface area contributed by atoms with Gasteiger partial charge in [0, 0.05) is 11.6 Å². The Bertz CT molecular complexity index is 526. The van der Waals surface area contributed by atoms with Gasteiger partial charge in [0.15, 0.2) is 0 Å². The number of carboxylic acids is 1. The number of carbonyl (C=O) groups excluding carboxylic acids is 1. The summed E-state index contributed by atoms with van der Waals surface area (Å²) in [5.41, 5.74) is 0.0832. The van der Waals surface area contributed by atoms with Gasteiger partial charge in [-0.25, -0.2) is 0 Å². The van der Waals surface area contributed by atoms with E-state index in [0.717, 1.165) is 0 Å². The van der Waals surface area contributed by atoms with E-state index in [0.29, 0.717) is 0 Å². The van der Waals surface area contributed by atoms with Gasteiger partial charge in [0.05, 0.1) is 12.6 Å². The summed E-state index contributed by atoms with van der Waals surface area (Å²) in [5, 5.41) is 23.0. The molecule has 0 aliphatic rings. The van der Waals surface area contributed by atoms with Crippen LogP contribution in [0.1, 0.15) is 25.2 Å². The molecule has 0 spiro atoms. The molecule has 0 bridgehead atoms. The molecule has 2 unspecified atom stereocenters. The van der Waals surface area contributed by atoms with Crippen LogP contribution in [-0.4, -0.2) is 28.6 Å². The van der Waals surface area contributed by atoms with Crippen LogP contribution in [0.3, 0.4) is 0 Å². The van der Waals surface area contributed by atoms with Gasteiger partial charge in [-0.05, 0) is 19.9 Å². The molecule has 0 saturated heterocycles. The second-order valence-electron chi connectivity index (χ2n) is 4.15. The third kappa shape index (κ3) is 5.71. The summed E-state index contributed by atoms with van der Waals surface area (Å²) >= 11 is 0. The molecule has 0 radical (unpaired) electrons. The number of aromatic hydroxyl groups is 1. The number of carboxylic acid groups (broad SMARTS) is 1. The number of phenols is 1. The summed E-state index contributed by atoms with van der Waals surface area (Å²) < 4.78 is 17.0. The van der Waals surface area contributed by atoms with Crippen LogP contribution in [0.5, 0.6) is 5.75 Å². The van der Waals surface area contributed by atoms with E-state index in [1.807, 2.05) is 0 Å². The fraction of sp³-hybridized carbons (Fsp3) is 0.417. The van der Waals surface area contributed by atoms with E-state index in [1.54, 1.807) is 12.1 Å². The average molecular weight is 325 g/mol. The fourth-order valence-corrected chi connectivity index (χ4v) is 3.14. The van der Waals surface area contributed by atoms with Gasteiger partial charge in [-0.15, -0.1) is 0 Å². The first-order chi connectivity index (χ1) is 9.29. The molecule has 0 aliphatic carbocycles. The summed E-state index contributed by atoms with van der Waals surface area (Å²) in [7, 11) is -4.21. The summed E-state index contributed by atoms with van der Waals surface area (Å²) in [5.74, 6) is -3.03. The van der Waals surface area contributed by atoms with Gasteiger partial charge < -0.3 is 24.4 Å². The summed E-state index contributed by atoms with van der Waals surface area (Å²) in [6, 6.07) is 4.65. The number of hydrogen-bond acceptors (Lipinski definition) is 6. The average Bonchev–Trinajstić information content (AvgIpc) is 2.36. The van der Waals surface area contributed by atoms with Crippen molar-refractivity contribution in [2.45, 2.75) is 25.7 Å². The standard InChI is InChI=1S/C12H18NO6P.Na/c1-3-19-20(17,18)11(13-8(2)12(15)16)9-6-4-5-7-10(9)14;/h4-8,11,13-14H,3H2,1-2H3,(H,15,16)(H,17,18);/q;+1/p-1/t8-,11?;/m0./s1. The topological polar surface area (TPSA) is 119 Å². The largest absolute Gasteiger partial charge is 1.00 e. The van der Waals surface area contributed by atoms with Crippen LogP contribution in [0.2, 0.25) is 0 Å². The monoisotopic (exact) mass is 325 g/mol. The molecular formula is C12H17NNaO6P. The third-order valence-electron chi connectivity index (χ3n) is 2.63. The van der Waals surface area contributed by atoms with Crippen molar-refractivity contribution >= 4 is 13.6 Å². The van der Waals surface area contributed by atoms with E-state index in [-0.39, 0.29) is 47.5 Å². The Labute approximate surface area is 145 Å². The molecule has 3 atom stereocenters. The molecule has 0 aliphatic heterocycles. The molecule has 9 heteroatoms. The minimum Gasteiger partial charge on any atom is -0.548 e. The first-order valence-electron chi connectivity index (χ1n) is 6.01. The number of hydrogen-bond donors (Lipinski definition) is 3. The van der Waals surface area contributed by atoms with Gasteiger partial charge in [-0.2, -0.15) is 0 Å². The third-order valence-corrected chi connectivity index (χ3v) is 4.34. The Morgan fingerprint density at radius 3 is 2.52 bits per heavy atom. The summed E-state index contributed by atoms with van der Waals surface area (Å²) in [6.07, 6.45) is 0. The van der Waals surface area contributed by atoms with Crippen molar-refractivity contribution in [1.29, 1.82) is 0 Å². The Kier molecular flexibility index (Phi) is 8.73. The van der Waals surface area contributed by atoms with Gasteiger partial charge in [-0.3, -0.25) is 9.88 Å². The first-order valence-corrected chi connectivity index (χ1v) is 7.66. The Morgan fingerprint density at radius 1 is 1.48 bits per heavy atom. The quantitative estimate of drug-likeness (QED) is 0.370.